The van der Waals surface area contributed by atoms with Crippen molar-refractivity contribution in [2.75, 3.05) is 6.61 Å². The van der Waals surface area contributed by atoms with Crippen molar-refractivity contribution >= 4 is 5.97 Å². The number of esters is 1. The smallest absolute Gasteiger partial charge is 0.465 e. The van der Waals surface area contributed by atoms with Crippen LogP contribution in [0, 0.1) is 0 Å². The number of nitrogens with two attached hydrogens (primary N) is 1. The SMILES string of the molecule is CCOC(=O)[C@@H](N)Cc1cccc(OC(F)(F)F)c1. The van der Waals surface area contributed by atoms with E-state index in [1.165, 1.54) is 18.2 Å². The van der Waals surface area contributed by atoms with Crippen LogP contribution in [0.4, 0.5) is 13.2 Å². The van der Waals surface area contributed by atoms with Crippen molar-refractivity contribution in [3.63, 3.8) is 0 Å². The minimum atomic E-state index is -4.75. The van der Waals surface area contributed by atoms with Gasteiger partial charge in [0.2, 0.25) is 0 Å². The van der Waals surface area contributed by atoms with Crippen LogP contribution in [-0.2, 0) is 16.0 Å². The molecule has 0 aliphatic rings. The number of ether oxygens (including phenoxy) is 2. The summed E-state index contributed by atoms with van der Waals surface area (Å²) in [6.07, 6.45) is -4.67. The molecule has 1 aromatic carbocycles. The van der Waals surface area contributed by atoms with E-state index in [1.807, 2.05) is 0 Å². The van der Waals surface area contributed by atoms with Gasteiger partial charge in [-0.1, -0.05) is 12.1 Å². The van der Waals surface area contributed by atoms with Crippen LogP contribution in [0.5, 0.6) is 5.75 Å². The molecule has 0 radical (unpaired) electrons. The van der Waals surface area contributed by atoms with Gasteiger partial charge in [0.15, 0.2) is 0 Å². The molecule has 106 valence electrons. The molecule has 19 heavy (non-hydrogen) atoms. The predicted molar refractivity (Wildman–Crippen MR) is 61.4 cm³/mol. The van der Waals surface area contributed by atoms with Gasteiger partial charge in [-0.25, -0.2) is 0 Å². The molecular formula is C12H14F3NO3. The summed E-state index contributed by atoms with van der Waals surface area (Å²) in [4.78, 5) is 11.3. The quantitative estimate of drug-likeness (QED) is 0.836. The standard InChI is InChI=1S/C12H14F3NO3/c1-2-18-11(17)10(16)7-8-4-3-5-9(6-8)19-12(13,14)15/h3-6,10H,2,7,16H2,1H3/t10-/m0/s1. The molecular weight excluding hydrogens is 263 g/mol. The molecule has 0 amide bonds. The largest absolute Gasteiger partial charge is 0.573 e. The number of hydrogen-bond acceptors (Lipinski definition) is 4. The zero-order valence-corrected chi connectivity index (χ0v) is 10.2. The maximum Gasteiger partial charge on any atom is 0.573 e. The highest BCUT2D eigenvalue weighted by Gasteiger charge is 2.31. The van der Waals surface area contributed by atoms with E-state index in [-0.39, 0.29) is 18.8 Å². The van der Waals surface area contributed by atoms with Crippen LogP contribution in [0.25, 0.3) is 0 Å². The molecule has 0 spiro atoms. The van der Waals surface area contributed by atoms with E-state index < -0.39 is 18.4 Å². The Bertz CT molecular complexity index is 434. The van der Waals surface area contributed by atoms with Crippen molar-refractivity contribution in [2.24, 2.45) is 5.73 Å². The fourth-order valence-corrected chi connectivity index (χ4v) is 1.46. The van der Waals surface area contributed by atoms with Crippen molar-refractivity contribution in [2.45, 2.75) is 25.7 Å². The normalized spacial score (nSPS) is 12.9. The molecule has 0 aliphatic carbocycles. The number of halogens is 3. The van der Waals surface area contributed by atoms with Crippen molar-refractivity contribution in [1.82, 2.24) is 0 Å². The molecule has 0 aliphatic heterocycles. The van der Waals surface area contributed by atoms with E-state index >= 15 is 0 Å². The van der Waals surface area contributed by atoms with Gasteiger partial charge >= 0.3 is 12.3 Å². The lowest BCUT2D eigenvalue weighted by Crippen LogP contribution is -2.34. The topological polar surface area (TPSA) is 61.5 Å². The number of carbonyl (C=O) groups excluding carboxylic acids is 1. The summed E-state index contributed by atoms with van der Waals surface area (Å²) >= 11 is 0. The van der Waals surface area contributed by atoms with E-state index in [9.17, 15) is 18.0 Å². The van der Waals surface area contributed by atoms with Crippen molar-refractivity contribution in [3.8, 4) is 5.75 Å². The van der Waals surface area contributed by atoms with Crippen molar-refractivity contribution < 1.29 is 27.4 Å². The second-order valence-electron chi connectivity index (χ2n) is 3.76. The highest BCUT2D eigenvalue weighted by atomic mass is 19.4. The molecule has 0 bridgehead atoms. The summed E-state index contributed by atoms with van der Waals surface area (Å²) in [5, 5.41) is 0. The van der Waals surface area contributed by atoms with Crippen LogP contribution in [0.1, 0.15) is 12.5 Å². The van der Waals surface area contributed by atoms with Crippen LogP contribution >= 0.6 is 0 Å². The maximum absolute atomic E-state index is 12.0. The van der Waals surface area contributed by atoms with E-state index in [0.717, 1.165) is 0 Å². The van der Waals surface area contributed by atoms with Gasteiger partial charge < -0.3 is 15.2 Å². The Morgan fingerprint density at radius 1 is 1.42 bits per heavy atom. The van der Waals surface area contributed by atoms with Crippen molar-refractivity contribution in [1.29, 1.82) is 0 Å². The summed E-state index contributed by atoms with van der Waals surface area (Å²) < 4.78 is 44.6. The van der Waals surface area contributed by atoms with Crippen LogP contribution in [0.2, 0.25) is 0 Å². The van der Waals surface area contributed by atoms with Gasteiger partial charge in [0, 0.05) is 0 Å². The highest BCUT2D eigenvalue weighted by molar-refractivity contribution is 5.75. The zero-order chi connectivity index (χ0) is 14.5. The molecule has 1 aromatic rings. The Morgan fingerprint density at radius 2 is 2.11 bits per heavy atom. The molecule has 0 aromatic heterocycles. The van der Waals surface area contributed by atoms with Gasteiger partial charge in [-0.2, -0.15) is 0 Å². The Labute approximate surface area is 108 Å². The molecule has 0 unspecified atom stereocenters. The summed E-state index contributed by atoms with van der Waals surface area (Å²) in [5.74, 6) is -0.939. The van der Waals surface area contributed by atoms with Gasteiger partial charge in [-0.3, -0.25) is 4.79 Å². The first kappa shape index (κ1) is 15.3. The molecule has 0 saturated heterocycles. The van der Waals surface area contributed by atoms with Crippen LogP contribution in [0.3, 0.4) is 0 Å². The van der Waals surface area contributed by atoms with Crippen molar-refractivity contribution in [3.05, 3.63) is 29.8 Å². The Morgan fingerprint density at radius 3 is 2.68 bits per heavy atom. The molecule has 1 rings (SSSR count). The first-order valence-electron chi connectivity index (χ1n) is 5.58. The summed E-state index contributed by atoms with van der Waals surface area (Å²) in [5.41, 5.74) is 6.04. The minimum Gasteiger partial charge on any atom is -0.465 e. The van der Waals surface area contributed by atoms with E-state index in [4.69, 9.17) is 10.5 Å². The lowest BCUT2D eigenvalue weighted by Gasteiger charge is -2.12. The third kappa shape index (κ3) is 5.60. The molecule has 1 atom stereocenters. The highest BCUT2D eigenvalue weighted by Crippen LogP contribution is 2.23. The average molecular weight is 277 g/mol. The zero-order valence-electron chi connectivity index (χ0n) is 10.2. The molecule has 2 N–H and O–H groups in total. The summed E-state index contributed by atoms with van der Waals surface area (Å²) in [7, 11) is 0. The van der Waals surface area contributed by atoms with Crippen LogP contribution in [-0.4, -0.2) is 25.0 Å². The number of rotatable bonds is 5. The lowest BCUT2D eigenvalue weighted by molar-refractivity contribution is -0.274. The fraction of sp³-hybridized carbons (Fsp3) is 0.417. The monoisotopic (exact) mass is 277 g/mol. The van der Waals surface area contributed by atoms with E-state index in [1.54, 1.807) is 13.0 Å². The van der Waals surface area contributed by atoms with E-state index in [0.29, 0.717) is 5.56 Å². The van der Waals surface area contributed by atoms with Gasteiger partial charge in [0.25, 0.3) is 0 Å². The molecule has 0 heterocycles. The number of alkyl halides is 3. The second-order valence-corrected chi connectivity index (χ2v) is 3.76. The Balaban J connectivity index is 2.69. The maximum atomic E-state index is 12.0. The van der Waals surface area contributed by atoms with Gasteiger partial charge in [0.05, 0.1) is 6.61 Å². The summed E-state index contributed by atoms with van der Waals surface area (Å²) in [6.45, 7) is 1.84. The third-order valence-corrected chi connectivity index (χ3v) is 2.18. The fourth-order valence-electron chi connectivity index (χ4n) is 1.46. The van der Waals surface area contributed by atoms with Crippen LogP contribution in [0.15, 0.2) is 24.3 Å². The Hall–Kier alpha value is -1.76. The van der Waals surface area contributed by atoms with Crippen LogP contribution < -0.4 is 10.5 Å². The van der Waals surface area contributed by atoms with E-state index in [2.05, 4.69) is 4.74 Å². The number of benzene rings is 1. The first-order chi connectivity index (χ1) is 8.81. The van der Waals surface area contributed by atoms with Gasteiger partial charge in [-0.15, -0.1) is 13.2 Å². The molecule has 0 fully saturated rings. The van der Waals surface area contributed by atoms with Gasteiger partial charge in [0.1, 0.15) is 11.8 Å². The summed E-state index contributed by atoms with van der Waals surface area (Å²) in [6, 6.07) is 4.40. The third-order valence-electron chi connectivity index (χ3n) is 2.18. The Kier molecular flexibility index (Phi) is 5.17. The minimum absolute atomic E-state index is 0.0773. The average Bonchev–Trinajstić information content (AvgIpc) is 2.27. The molecule has 4 nitrogen and oxygen atoms in total. The lowest BCUT2D eigenvalue weighted by atomic mass is 10.1. The molecule has 0 saturated carbocycles. The molecule has 7 heteroatoms. The number of carbonyl (C=O) groups is 1. The predicted octanol–water partition coefficient (Wildman–Crippen LogP) is 2.02. The second kappa shape index (κ2) is 6.42. The number of hydrogen-bond donors (Lipinski definition) is 1. The first-order valence-corrected chi connectivity index (χ1v) is 5.58. The van der Waals surface area contributed by atoms with Gasteiger partial charge in [-0.05, 0) is 31.0 Å².